The average molecular weight is 378 g/mol. The van der Waals surface area contributed by atoms with Crippen LogP contribution in [0, 0.1) is 6.92 Å². The SMILES string of the molecule is Cc1nn2c3c(cnc2c1-c1ccc(Cl)cc1)C(=O)C[C@H](c1ccco1)C3. The molecule has 1 aliphatic rings. The first kappa shape index (κ1) is 16.3. The Morgan fingerprint density at radius 1 is 1.19 bits per heavy atom. The molecule has 0 N–H and O–H groups in total. The molecule has 1 aliphatic carbocycles. The van der Waals surface area contributed by atoms with Crippen LogP contribution >= 0.6 is 11.6 Å². The molecule has 5 nitrogen and oxygen atoms in total. The first-order valence-corrected chi connectivity index (χ1v) is 9.19. The minimum absolute atomic E-state index is 0.0223. The quantitative estimate of drug-likeness (QED) is 0.500. The van der Waals surface area contributed by atoms with E-state index < -0.39 is 0 Å². The van der Waals surface area contributed by atoms with Gasteiger partial charge in [0.1, 0.15) is 5.76 Å². The van der Waals surface area contributed by atoms with E-state index in [1.165, 1.54) is 0 Å². The zero-order valence-electron chi connectivity index (χ0n) is 14.6. The fourth-order valence-corrected chi connectivity index (χ4v) is 4.01. The van der Waals surface area contributed by atoms with Gasteiger partial charge in [0.05, 0.1) is 23.2 Å². The molecule has 0 aliphatic heterocycles. The fraction of sp³-hybridized carbons (Fsp3) is 0.190. The highest BCUT2D eigenvalue weighted by atomic mass is 35.5. The lowest BCUT2D eigenvalue weighted by Crippen LogP contribution is -2.22. The summed E-state index contributed by atoms with van der Waals surface area (Å²) >= 11 is 6.02. The van der Waals surface area contributed by atoms with Crippen molar-refractivity contribution in [3.05, 3.63) is 76.6 Å². The van der Waals surface area contributed by atoms with Gasteiger partial charge >= 0.3 is 0 Å². The third kappa shape index (κ3) is 2.58. The van der Waals surface area contributed by atoms with Crippen LogP contribution < -0.4 is 0 Å². The molecule has 6 heteroatoms. The van der Waals surface area contributed by atoms with Crippen LogP contribution in [0.4, 0.5) is 0 Å². The highest BCUT2D eigenvalue weighted by molar-refractivity contribution is 6.30. The van der Waals surface area contributed by atoms with E-state index in [2.05, 4.69) is 4.98 Å². The van der Waals surface area contributed by atoms with Crippen molar-refractivity contribution >= 4 is 23.0 Å². The number of halogens is 1. The maximum Gasteiger partial charge on any atom is 0.167 e. The number of ketones is 1. The van der Waals surface area contributed by atoms with Crippen molar-refractivity contribution in [3.63, 3.8) is 0 Å². The van der Waals surface area contributed by atoms with Crippen LogP contribution in [0.2, 0.25) is 5.02 Å². The van der Waals surface area contributed by atoms with Gasteiger partial charge in [-0.05, 0) is 36.8 Å². The molecular formula is C21H16ClN3O2. The number of aromatic nitrogens is 3. The van der Waals surface area contributed by atoms with E-state index in [4.69, 9.17) is 21.1 Å². The molecule has 27 heavy (non-hydrogen) atoms. The fourth-order valence-electron chi connectivity index (χ4n) is 3.88. The van der Waals surface area contributed by atoms with Gasteiger partial charge in [0, 0.05) is 35.5 Å². The van der Waals surface area contributed by atoms with Gasteiger partial charge in [0.2, 0.25) is 0 Å². The number of fused-ring (bicyclic) bond motifs is 3. The Hall–Kier alpha value is -2.92. The molecule has 0 amide bonds. The van der Waals surface area contributed by atoms with Crippen molar-refractivity contribution in [1.82, 2.24) is 14.6 Å². The maximum atomic E-state index is 12.7. The van der Waals surface area contributed by atoms with E-state index in [0.29, 0.717) is 23.4 Å². The Balaban J connectivity index is 1.69. The standard InChI is InChI=1S/C21H16ClN3O2/c1-12-20(13-4-6-15(22)7-5-13)21-23-11-16-17(25(21)24-12)9-14(10-18(16)26)19-3-2-8-27-19/h2-8,11,14H,9-10H2,1H3/t14-/m1/s1. The summed E-state index contributed by atoms with van der Waals surface area (Å²) in [4.78, 5) is 17.3. The second-order valence-electron chi connectivity index (χ2n) is 6.87. The van der Waals surface area contributed by atoms with Crippen molar-refractivity contribution in [2.75, 3.05) is 0 Å². The molecular weight excluding hydrogens is 362 g/mol. The van der Waals surface area contributed by atoms with Gasteiger partial charge in [-0.3, -0.25) is 4.79 Å². The van der Waals surface area contributed by atoms with Crippen molar-refractivity contribution in [1.29, 1.82) is 0 Å². The van der Waals surface area contributed by atoms with E-state index in [9.17, 15) is 4.79 Å². The van der Waals surface area contributed by atoms with Crippen molar-refractivity contribution in [2.45, 2.75) is 25.7 Å². The molecule has 5 rings (SSSR count). The molecule has 0 fully saturated rings. The zero-order valence-corrected chi connectivity index (χ0v) is 15.4. The Kier molecular flexibility index (Phi) is 3.65. The summed E-state index contributed by atoms with van der Waals surface area (Å²) < 4.78 is 7.37. The molecule has 4 aromatic rings. The number of furan rings is 1. The van der Waals surface area contributed by atoms with Crippen molar-refractivity contribution in [3.8, 4) is 11.1 Å². The first-order valence-electron chi connectivity index (χ1n) is 8.81. The van der Waals surface area contributed by atoms with Gasteiger partial charge in [-0.25, -0.2) is 9.50 Å². The normalized spacial score (nSPS) is 16.7. The Morgan fingerprint density at radius 3 is 2.74 bits per heavy atom. The van der Waals surface area contributed by atoms with Crippen LogP contribution in [0.15, 0.2) is 53.3 Å². The summed E-state index contributed by atoms with van der Waals surface area (Å²) in [7, 11) is 0. The molecule has 0 radical (unpaired) electrons. The van der Waals surface area contributed by atoms with E-state index in [-0.39, 0.29) is 11.7 Å². The lowest BCUT2D eigenvalue weighted by atomic mass is 9.85. The van der Waals surface area contributed by atoms with Gasteiger partial charge in [-0.1, -0.05) is 23.7 Å². The second kappa shape index (κ2) is 6.06. The minimum Gasteiger partial charge on any atom is -0.469 e. The van der Waals surface area contributed by atoms with Crippen LogP contribution in [0.3, 0.4) is 0 Å². The zero-order chi connectivity index (χ0) is 18.5. The number of carbonyl (C=O) groups excluding carboxylic acids is 1. The number of rotatable bonds is 2. The van der Waals surface area contributed by atoms with Crippen molar-refractivity contribution < 1.29 is 9.21 Å². The topological polar surface area (TPSA) is 60.4 Å². The summed E-state index contributed by atoms with van der Waals surface area (Å²) in [6, 6.07) is 11.4. The van der Waals surface area contributed by atoms with Gasteiger partial charge < -0.3 is 4.42 Å². The smallest absolute Gasteiger partial charge is 0.167 e. The Morgan fingerprint density at radius 2 is 2.00 bits per heavy atom. The summed E-state index contributed by atoms with van der Waals surface area (Å²) in [5.74, 6) is 0.933. The molecule has 0 saturated carbocycles. The molecule has 0 unspecified atom stereocenters. The largest absolute Gasteiger partial charge is 0.469 e. The molecule has 0 bridgehead atoms. The molecule has 0 spiro atoms. The van der Waals surface area contributed by atoms with E-state index in [0.717, 1.165) is 33.9 Å². The van der Waals surface area contributed by atoms with Gasteiger partial charge in [0.15, 0.2) is 11.4 Å². The Labute approximate surface area is 160 Å². The number of Topliss-reactive ketones (excluding diaryl/α,β-unsaturated/α-hetero) is 1. The predicted molar refractivity (Wildman–Crippen MR) is 102 cm³/mol. The van der Waals surface area contributed by atoms with E-state index in [1.807, 2.05) is 47.8 Å². The number of hydrogen-bond donors (Lipinski definition) is 0. The van der Waals surface area contributed by atoms with Crippen LogP contribution in [0.1, 0.15) is 39.8 Å². The van der Waals surface area contributed by atoms with Gasteiger partial charge in [-0.2, -0.15) is 5.10 Å². The highest BCUT2D eigenvalue weighted by Gasteiger charge is 2.31. The number of aryl methyl sites for hydroxylation is 1. The van der Waals surface area contributed by atoms with E-state index in [1.54, 1.807) is 12.5 Å². The summed E-state index contributed by atoms with van der Waals surface area (Å²) in [5.41, 5.74) is 5.12. The van der Waals surface area contributed by atoms with Crippen molar-refractivity contribution in [2.24, 2.45) is 0 Å². The first-order chi connectivity index (χ1) is 13.1. The molecule has 134 valence electrons. The lowest BCUT2D eigenvalue weighted by Gasteiger charge is -2.22. The predicted octanol–water partition coefficient (Wildman–Crippen LogP) is 4.86. The molecule has 0 saturated heterocycles. The number of hydrogen-bond acceptors (Lipinski definition) is 4. The Bertz CT molecular complexity index is 1160. The third-order valence-electron chi connectivity index (χ3n) is 5.17. The van der Waals surface area contributed by atoms with Gasteiger partial charge in [-0.15, -0.1) is 0 Å². The molecule has 3 heterocycles. The number of carbonyl (C=O) groups is 1. The highest BCUT2D eigenvalue weighted by Crippen LogP contribution is 2.35. The van der Waals surface area contributed by atoms with Gasteiger partial charge in [0.25, 0.3) is 0 Å². The van der Waals surface area contributed by atoms with Crippen LogP contribution in [0.5, 0.6) is 0 Å². The van der Waals surface area contributed by atoms with Crippen LogP contribution in [-0.4, -0.2) is 20.4 Å². The average Bonchev–Trinajstić information content (AvgIpc) is 3.30. The minimum atomic E-state index is 0.0223. The summed E-state index contributed by atoms with van der Waals surface area (Å²) in [5, 5.41) is 5.40. The van der Waals surface area contributed by atoms with Crippen LogP contribution in [0.25, 0.3) is 16.8 Å². The number of benzene rings is 1. The second-order valence-corrected chi connectivity index (χ2v) is 7.30. The molecule has 1 aromatic carbocycles. The van der Waals surface area contributed by atoms with E-state index >= 15 is 0 Å². The number of nitrogens with zero attached hydrogens (tertiary/aromatic N) is 3. The third-order valence-corrected chi connectivity index (χ3v) is 5.42. The monoisotopic (exact) mass is 377 g/mol. The summed E-state index contributed by atoms with van der Waals surface area (Å²) in [6.07, 6.45) is 4.45. The lowest BCUT2D eigenvalue weighted by molar-refractivity contribution is 0.0958. The maximum absolute atomic E-state index is 12.7. The molecule has 1 atom stereocenters. The van der Waals surface area contributed by atoms with Crippen LogP contribution in [-0.2, 0) is 6.42 Å². The molecule has 3 aromatic heterocycles. The summed E-state index contributed by atoms with van der Waals surface area (Å²) in [6.45, 7) is 1.96.